The van der Waals surface area contributed by atoms with Crippen LogP contribution in [-0.2, 0) is 5.41 Å². The molecule has 0 aliphatic heterocycles. The van der Waals surface area contributed by atoms with E-state index in [4.69, 9.17) is 10.00 Å². The second-order valence-electron chi connectivity index (χ2n) is 6.03. The van der Waals surface area contributed by atoms with Gasteiger partial charge in [0.1, 0.15) is 24.2 Å². The number of pyridine rings is 1. The van der Waals surface area contributed by atoms with E-state index < -0.39 is 0 Å². The first-order chi connectivity index (χ1) is 10.5. The van der Waals surface area contributed by atoms with Gasteiger partial charge in [0.25, 0.3) is 0 Å². The van der Waals surface area contributed by atoms with Crippen molar-refractivity contribution in [1.82, 2.24) is 4.98 Å². The van der Waals surface area contributed by atoms with Crippen molar-refractivity contribution >= 4 is 5.82 Å². The largest absolute Gasteiger partial charge is 0.491 e. The van der Waals surface area contributed by atoms with Crippen LogP contribution in [0.3, 0.4) is 0 Å². The summed E-state index contributed by atoms with van der Waals surface area (Å²) < 4.78 is 5.89. The first kappa shape index (κ1) is 15.8. The van der Waals surface area contributed by atoms with Crippen LogP contribution in [0.25, 0.3) is 0 Å². The SMILES string of the molecule is CC(C)(C)c1ccccc1OCCNc1ncccc1C#N. The Bertz CT molecular complexity index is 669. The fourth-order valence-corrected chi connectivity index (χ4v) is 2.18. The molecule has 4 heteroatoms. The standard InChI is InChI=1S/C18H21N3O/c1-18(2,3)15-8-4-5-9-16(15)22-12-11-21-17-14(13-19)7-6-10-20-17/h4-10H,11-12H2,1-3H3,(H,20,21). The van der Waals surface area contributed by atoms with Crippen molar-refractivity contribution < 1.29 is 4.74 Å². The highest BCUT2D eigenvalue weighted by molar-refractivity contribution is 5.51. The van der Waals surface area contributed by atoms with Gasteiger partial charge in [0.15, 0.2) is 0 Å². The molecule has 1 heterocycles. The summed E-state index contributed by atoms with van der Waals surface area (Å²) in [5, 5.41) is 12.2. The molecule has 1 aromatic carbocycles. The number of aromatic nitrogens is 1. The molecule has 114 valence electrons. The molecular weight excluding hydrogens is 274 g/mol. The number of benzene rings is 1. The number of hydrogen-bond donors (Lipinski definition) is 1. The van der Waals surface area contributed by atoms with Gasteiger partial charge in [-0.3, -0.25) is 0 Å². The van der Waals surface area contributed by atoms with Gasteiger partial charge in [0, 0.05) is 6.20 Å². The molecule has 0 aliphatic rings. The minimum atomic E-state index is 0.0407. The Balaban J connectivity index is 1.94. The zero-order valence-electron chi connectivity index (χ0n) is 13.3. The minimum absolute atomic E-state index is 0.0407. The quantitative estimate of drug-likeness (QED) is 0.854. The maximum Gasteiger partial charge on any atom is 0.144 e. The number of ether oxygens (including phenoxy) is 1. The van der Waals surface area contributed by atoms with E-state index in [1.165, 1.54) is 5.56 Å². The Hall–Kier alpha value is -2.54. The van der Waals surface area contributed by atoms with Gasteiger partial charge in [-0.2, -0.15) is 5.26 Å². The zero-order valence-corrected chi connectivity index (χ0v) is 13.3. The summed E-state index contributed by atoms with van der Waals surface area (Å²) in [5.74, 6) is 1.50. The molecule has 0 bridgehead atoms. The van der Waals surface area contributed by atoms with E-state index in [-0.39, 0.29) is 5.41 Å². The molecule has 0 saturated heterocycles. The molecule has 0 fully saturated rings. The van der Waals surface area contributed by atoms with Crippen LogP contribution in [0.1, 0.15) is 31.9 Å². The number of hydrogen-bond acceptors (Lipinski definition) is 4. The van der Waals surface area contributed by atoms with E-state index in [1.54, 1.807) is 18.3 Å². The molecule has 0 saturated carbocycles. The van der Waals surface area contributed by atoms with Crippen molar-refractivity contribution in [3.63, 3.8) is 0 Å². The van der Waals surface area contributed by atoms with Gasteiger partial charge in [0.2, 0.25) is 0 Å². The summed E-state index contributed by atoms with van der Waals surface area (Å²) in [5.41, 5.74) is 1.77. The maximum atomic E-state index is 9.02. The molecule has 1 N–H and O–H groups in total. The lowest BCUT2D eigenvalue weighted by molar-refractivity contribution is 0.323. The summed E-state index contributed by atoms with van der Waals surface area (Å²) >= 11 is 0. The van der Waals surface area contributed by atoms with Gasteiger partial charge < -0.3 is 10.1 Å². The highest BCUT2D eigenvalue weighted by Gasteiger charge is 2.18. The van der Waals surface area contributed by atoms with Crippen LogP contribution in [0.4, 0.5) is 5.82 Å². The fraction of sp³-hybridized carbons (Fsp3) is 0.333. The third-order valence-electron chi connectivity index (χ3n) is 3.28. The van der Waals surface area contributed by atoms with E-state index in [1.807, 2.05) is 18.2 Å². The van der Waals surface area contributed by atoms with Crippen molar-refractivity contribution in [2.75, 3.05) is 18.5 Å². The van der Waals surface area contributed by atoms with Crippen LogP contribution in [0.2, 0.25) is 0 Å². The second-order valence-corrected chi connectivity index (χ2v) is 6.03. The number of rotatable bonds is 5. The second kappa shape index (κ2) is 6.95. The smallest absolute Gasteiger partial charge is 0.144 e. The van der Waals surface area contributed by atoms with Gasteiger partial charge in [0.05, 0.1) is 12.1 Å². The van der Waals surface area contributed by atoms with Crippen molar-refractivity contribution in [2.45, 2.75) is 26.2 Å². The third-order valence-corrected chi connectivity index (χ3v) is 3.28. The topological polar surface area (TPSA) is 57.9 Å². The van der Waals surface area contributed by atoms with Gasteiger partial charge in [-0.25, -0.2) is 4.98 Å². The van der Waals surface area contributed by atoms with Crippen LogP contribution < -0.4 is 10.1 Å². The van der Waals surface area contributed by atoms with E-state index in [9.17, 15) is 0 Å². The molecule has 1 aromatic heterocycles. The van der Waals surface area contributed by atoms with Gasteiger partial charge in [-0.15, -0.1) is 0 Å². The minimum Gasteiger partial charge on any atom is -0.491 e. The molecule has 0 radical (unpaired) electrons. The van der Waals surface area contributed by atoms with Crippen LogP contribution in [0.5, 0.6) is 5.75 Å². The predicted molar refractivity (Wildman–Crippen MR) is 88.1 cm³/mol. The van der Waals surface area contributed by atoms with E-state index in [2.05, 4.69) is 43.2 Å². The molecule has 0 amide bonds. The molecule has 2 rings (SSSR count). The predicted octanol–water partition coefficient (Wildman–Crippen LogP) is 3.74. The maximum absolute atomic E-state index is 9.02. The van der Waals surface area contributed by atoms with Crippen molar-refractivity contribution in [1.29, 1.82) is 5.26 Å². The molecule has 0 unspecified atom stereocenters. The molecule has 0 spiro atoms. The van der Waals surface area contributed by atoms with Crippen LogP contribution in [0.15, 0.2) is 42.6 Å². The summed E-state index contributed by atoms with van der Waals surface area (Å²) in [6.45, 7) is 7.60. The summed E-state index contributed by atoms with van der Waals surface area (Å²) in [6, 6.07) is 13.7. The molecular formula is C18H21N3O. The highest BCUT2D eigenvalue weighted by Crippen LogP contribution is 2.30. The molecule has 2 aromatic rings. The van der Waals surface area contributed by atoms with Crippen LogP contribution >= 0.6 is 0 Å². The van der Waals surface area contributed by atoms with Crippen LogP contribution in [-0.4, -0.2) is 18.1 Å². The van der Waals surface area contributed by atoms with E-state index in [0.29, 0.717) is 24.5 Å². The Kier molecular flexibility index (Phi) is 5.00. The molecule has 0 aliphatic carbocycles. The monoisotopic (exact) mass is 295 g/mol. The number of anilines is 1. The average Bonchev–Trinajstić information content (AvgIpc) is 2.51. The van der Waals surface area contributed by atoms with Gasteiger partial charge in [-0.05, 0) is 29.2 Å². The van der Waals surface area contributed by atoms with Gasteiger partial charge in [-0.1, -0.05) is 39.0 Å². The Morgan fingerprint density at radius 2 is 1.95 bits per heavy atom. The Morgan fingerprint density at radius 1 is 1.18 bits per heavy atom. The zero-order chi connectivity index (χ0) is 16.0. The Labute approximate surface area is 131 Å². The lowest BCUT2D eigenvalue weighted by atomic mass is 9.86. The summed E-state index contributed by atoms with van der Waals surface area (Å²) in [7, 11) is 0. The lowest BCUT2D eigenvalue weighted by Gasteiger charge is -2.22. The highest BCUT2D eigenvalue weighted by atomic mass is 16.5. The lowest BCUT2D eigenvalue weighted by Crippen LogP contribution is -2.17. The van der Waals surface area contributed by atoms with E-state index in [0.717, 1.165) is 5.75 Å². The normalized spacial score (nSPS) is 10.8. The van der Waals surface area contributed by atoms with Crippen molar-refractivity contribution in [3.8, 4) is 11.8 Å². The number of para-hydroxylation sites is 1. The first-order valence-corrected chi connectivity index (χ1v) is 7.33. The number of nitriles is 1. The number of nitrogens with zero attached hydrogens (tertiary/aromatic N) is 2. The third kappa shape index (κ3) is 3.98. The Morgan fingerprint density at radius 3 is 2.68 bits per heavy atom. The first-order valence-electron chi connectivity index (χ1n) is 7.33. The number of nitrogens with one attached hydrogen (secondary N) is 1. The van der Waals surface area contributed by atoms with Crippen molar-refractivity contribution in [3.05, 3.63) is 53.7 Å². The van der Waals surface area contributed by atoms with E-state index >= 15 is 0 Å². The summed E-state index contributed by atoms with van der Waals surface area (Å²) in [4.78, 5) is 4.16. The molecule has 22 heavy (non-hydrogen) atoms. The average molecular weight is 295 g/mol. The summed E-state index contributed by atoms with van der Waals surface area (Å²) in [6.07, 6.45) is 1.67. The fourth-order valence-electron chi connectivity index (χ4n) is 2.18. The van der Waals surface area contributed by atoms with Crippen molar-refractivity contribution in [2.24, 2.45) is 0 Å². The molecule has 4 nitrogen and oxygen atoms in total. The van der Waals surface area contributed by atoms with Crippen LogP contribution in [0, 0.1) is 11.3 Å². The molecule has 0 atom stereocenters. The van der Waals surface area contributed by atoms with Gasteiger partial charge >= 0.3 is 0 Å².